The molecule has 0 saturated carbocycles. The van der Waals surface area contributed by atoms with Gasteiger partial charge in [0, 0.05) is 39.1 Å². The average molecular weight is 495 g/mol. The van der Waals surface area contributed by atoms with Crippen LogP contribution >= 0.6 is 0 Å². The van der Waals surface area contributed by atoms with Gasteiger partial charge < -0.3 is 9.80 Å². The summed E-state index contributed by atoms with van der Waals surface area (Å²) in [5.74, 6) is 0. The zero-order chi connectivity index (χ0) is 26.9. The van der Waals surface area contributed by atoms with Gasteiger partial charge in [-0.05, 0) is 64.2 Å². The van der Waals surface area contributed by atoms with Crippen LogP contribution in [0.5, 0.6) is 0 Å². The van der Waals surface area contributed by atoms with E-state index >= 15 is 0 Å². The molecular weight excluding hydrogens is 464 g/mol. The first-order valence-corrected chi connectivity index (χ1v) is 12.4. The highest BCUT2D eigenvalue weighted by atomic mass is 15.1. The van der Waals surface area contributed by atoms with Gasteiger partial charge in [-0.15, -0.1) is 0 Å². The number of hydrogen-bond donors (Lipinski definition) is 0. The highest BCUT2D eigenvalue weighted by Gasteiger charge is 2.11. The molecule has 4 aromatic carbocycles. The molecule has 0 atom stereocenters. The summed E-state index contributed by atoms with van der Waals surface area (Å²) in [5.41, 5.74) is 8.36. The minimum atomic E-state index is 0.631. The van der Waals surface area contributed by atoms with Crippen LogP contribution in [0, 0.1) is 22.7 Å². The molecule has 38 heavy (non-hydrogen) atoms. The summed E-state index contributed by atoms with van der Waals surface area (Å²) in [7, 11) is 6.15. The van der Waals surface area contributed by atoms with Crippen molar-refractivity contribution in [2.24, 2.45) is 0 Å². The first-order chi connectivity index (χ1) is 18.5. The van der Waals surface area contributed by atoms with Crippen molar-refractivity contribution in [3.05, 3.63) is 131 Å². The molecule has 186 valence electrons. The normalized spacial score (nSPS) is 11.4. The van der Waals surface area contributed by atoms with E-state index in [2.05, 4.69) is 59.3 Å². The Labute approximate surface area is 225 Å². The predicted molar refractivity (Wildman–Crippen MR) is 159 cm³/mol. The van der Waals surface area contributed by atoms with Crippen LogP contribution in [0.4, 0.5) is 11.4 Å². The summed E-state index contributed by atoms with van der Waals surface area (Å²) in [5, 5.41) is 19.5. The van der Waals surface area contributed by atoms with Crippen molar-refractivity contribution >= 4 is 34.7 Å². The molecular formula is C34H30N4. The predicted octanol–water partition coefficient (Wildman–Crippen LogP) is 7.52. The fraction of sp³-hybridized carbons (Fsp3) is 0.118. The minimum absolute atomic E-state index is 0.631. The van der Waals surface area contributed by atoms with Crippen molar-refractivity contribution in [3.63, 3.8) is 0 Å². The number of hydrogen-bond acceptors (Lipinski definition) is 4. The Balaban J connectivity index is 1.63. The van der Waals surface area contributed by atoms with Crippen LogP contribution < -0.4 is 9.80 Å². The molecule has 0 fully saturated rings. The van der Waals surface area contributed by atoms with E-state index in [9.17, 15) is 10.5 Å². The number of anilines is 2. The van der Waals surface area contributed by atoms with Crippen molar-refractivity contribution in [1.29, 1.82) is 10.5 Å². The molecule has 0 heterocycles. The second-order valence-electron chi connectivity index (χ2n) is 9.31. The van der Waals surface area contributed by atoms with Crippen LogP contribution in [0.15, 0.2) is 103 Å². The summed E-state index contributed by atoms with van der Waals surface area (Å²) in [6.07, 6.45) is 3.87. The lowest BCUT2D eigenvalue weighted by molar-refractivity contribution is 0.913. The average Bonchev–Trinajstić information content (AvgIpc) is 2.95. The fourth-order valence-electron chi connectivity index (χ4n) is 4.39. The zero-order valence-electron chi connectivity index (χ0n) is 22.0. The Morgan fingerprint density at radius 1 is 0.658 bits per heavy atom. The van der Waals surface area contributed by atoms with Crippen molar-refractivity contribution in [2.75, 3.05) is 30.9 Å². The zero-order valence-corrected chi connectivity index (χ0v) is 22.0. The maximum absolute atomic E-state index is 9.77. The van der Waals surface area contributed by atoms with Gasteiger partial charge in [0.15, 0.2) is 0 Å². The monoisotopic (exact) mass is 494 g/mol. The Morgan fingerprint density at radius 2 is 1.21 bits per heavy atom. The van der Waals surface area contributed by atoms with E-state index in [4.69, 9.17) is 0 Å². The lowest BCUT2D eigenvalue weighted by atomic mass is 10.0. The summed E-state index contributed by atoms with van der Waals surface area (Å²) in [6, 6.07) is 38.7. The van der Waals surface area contributed by atoms with Gasteiger partial charge in [0.05, 0.1) is 23.3 Å². The van der Waals surface area contributed by atoms with Crippen molar-refractivity contribution in [1.82, 2.24) is 0 Å². The fourth-order valence-corrected chi connectivity index (χ4v) is 4.39. The van der Waals surface area contributed by atoms with Gasteiger partial charge in [-0.2, -0.15) is 10.5 Å². The highest BCUT2D eigenvalue weighted by molar-refractivity contribution is 5.90. The molecule has 0 aliphatic heterocycles. The Kier molecular flexibility index (Phi) is 8.39. The van der Waals surface area contributed by atoms with E-state index in [0.29, 0.717) is 17.7 Å². The Morgan fingerprint density at radius 3 is 1.74 bits per heavy atom. The van der Waals surface area contributed by atoms with Gasteiger partial charge >= 0.3 is 0 Å². The molecule has 4 rings (SSSR count). The van der Waals surface area contributed by atoms with Crippen LogP contribution in [0.1, 0.15) is 27.8 Å². The minimum Gasteiger partial charge on any atom is -0.377 e. The Bertz CT molecular complexity index is 1540. The molecule has 0 unspecified atom stereocenters. The van der Waals surface area contributed by atoms with Gasteiger partial charge in [0.1, 0.15) is 0 Å². The van der Waals surface area contributed by atoms with E-state index in [1.165, 1.54) is 0 Å². The lowest BCUT2D eigenvalue weighted by Crippen LogP contribution is -2.19. The number of benzene rings is 4. The quantitative estimate of drug-likeness (QED) is 0.188. The van der Waals surface area contributed by atoms with E-state index in [1.807, 2.05) is 99.0 Å². The van der Waals surface area contributed by atoms with Crippen molar-refractivity contribution in [2.45, 2.75) is 6.54 Å². The van der Waals surface area contributed by atoms with Crippen molar-refractivity contribution in [3.8, 4) is 12.1 Å². The molecule has 0 spiro atoms. The largest absolute Gasteiger partial charge is 0.377 e. The topological polar surface area (TPSA) is 54.1 Å². The molecule has 4 aromatic rings. The Hall–Kier alpha value is -5.06. The van der Waals surface area contributed by atoms with Gasteiger partial charge in [-0.3, -0.25) is 0 Å². The number of rotatable bonds is 8. The first kappa shape index (κ1) is 26.0. The van der Waals surface area contributed by atoms with E-state index < -0.39 is 0 Å². The molecule has 0 aliphatic carbocycles. The number of nitriles is 2. The van der Waals surface area contributed by atoms with Crippen LogP contribution in [0.2, 0.25) is 0 Å². The molecule has 0 radical (unpaired) electrons. The van der Waals surface area contributed by atoms with Crippen LogP contribution in [-0.2, 0) is 6.54 Å². The molecule has 0 amide bonds. The van der Waals surface area contributed by atoms with E-state index in [0.717, 1.165) is 39.2 Å². The SMILES string of the molecule is CN(C)c1ccc(C=C(C#N)c2ccccc2)cc1CN(C)c1cccc(C=C(C#N)c2ccccc2)c1. The van der Waals surface area contributed by atoms with Gasteiger partial charge in [0.2, 0.25) is 0 Å². The van der Waals surface area contributed by atoms with Gasteiger partial charge in [-0.25, -0.2) is 0 Å². The van der Waals surface area contributed by atoms with E-state index in [1.54, 1.807) is 0 Å². The molecule has 0 N–H and O–H groups in total. The summed E-state index contributed by atoms with van der Waals surface area (Å²) < 4.78 is 0. The molecule has 0 aliphatic rings. The standard InChI is InChI=1S/C34H30N4/c1-37(2)34-18-17-27(20-31(24-36)29-14-8-5-9-15-29)21-32(34)25-38(3)33-16-10-11-26(22-33)19-30(23-35)28-12-6-4-7-13-28/h4-22H,25H2,1-3H3. The third-order valence-electron chi connectivity index (χ3n) is 6.34. The summed E-state index contributed by atoms with van der Waals surface area (Å²) in [4.78, 5) is 4.31. The second kappa shape index (κ2) is 12.3. The molecule has 0 bridgehead atoms. The van der Waals surface area contributed by atoms with E-state index in [-0.39, 0.29) is 0 Å². The first-order valence-electron chi connectivity index (χ1n) is 12.4. The third kappa shape index (κ3) is 6.38. The summed E-state index contributed by atoms with van der Waals surface area (Å²) in [6.45, 7) is 0.680. The van der Waals surface area contributed by atoms with Gasteiger partial charge in [-0.1, -0.05) is 78.9 Å². The van der Waals surface area contributed by atoms with Crippen molar-refractivity contribution < 1.29 is 0 Å². The van der Waals surface area contributed by atoms with Gasteiger partial charge in [0.25, 0.3) is 0 Å². The maximum Gasteiger partial charge on any atom is 0.0998 e. The van der Waals surface area contributed by atoms with Crippen LogP contribution in [-0.4, -0.2) is 21.1 Å². The number of nitrogens with zero attached hydrogens (tertiary/aromatic N) is 4. The summed E-state index contributed by atoms with van der Waals surface area (Å²) >= 11 is 0. The highest BCUT2D eigenvalue weighted by Crippen LogP contribution is 2.27. The smallest absolute Gasteiger partial charge is 0.0998 e. The molecule has 0 aromatic heterocycles. The number of allylic oxidation sites excluding steroid dienone is 2. The van der Waals surface area contributed by atoms with Crippen LogP contribution in [0.25, 0.3) is 23.3 Å². The second-order valence-corrected chi connectivity index (χ2v) is 9.31. The maximum atomic E-state index is 9.77. The molecule has 4 heteroatoms. The van der Waals surface area contributed by atoms with Crippen LogP contribution in [0.3, 0.4) is 0 Å². The molecule has 4 nitrogen and oxygen atoms in total. The third-order valence-corrected chi connectivity index (χ3v) is 6.34. The molecule has 0 saturated heterocycles. The lowest BCUT2D eigenvalue weighted by Gasteiger charge is -2.24.